The number of rotatable bonds is 4. The van der Waals surface area contributed by atoms with Crippen molar-refractivity contribution in [3.05, 3.63) is 12.1 Å². The van der Waals surface area contributed by atoms with Gasteiger partial charge in [0.05, 0.1) is 5.69 Å². The number of nitrogens with two attached hydrogens (primary N) is 1. The van der Waals surface area contributed by atoms with Crippen LogP contribution in [0.1, 0.15) is 46.5 Å². The first-order valence-electron chi connectivity index (χ1n) is 7.02. The predicted molar refractivity (Wildman–Crippen MR) is 81.7 cm³/mol. The molecule has 0 bridgehead atoms. The average Bonchev–Trinajstić information content (AvgIpc) is 2.81. The van der Waals surface area contributed by atoms with Gasteiger partial charge < -0.3 is 10.5 Å². The van der Waals surface area contributed by atoms with E-state index < -0.39 is 0 Å². The van der Waals surface area contributed by atoms with E-state index in [1.165, 1.54) is 25.7 Å². The normalized spacial score (nSPS) is 16.8. The molecule has 2 N–H and O–H groups in total. The van der Waals surface area contributed by atoms with Crippen LogP contribution in [0.2, 0.25) is 0 Å². The lowest BCUT2D eigenvalue weighted by Gasteiger charge is -2.21. The molecule has 0 amide bonds. The maximum Gasteiger partial charge on any atom is 0.238 e. The van der Waals surface area contributed by atoms with E-state index in [0.29, 0.717) is 11.6 Å². The van der Waals surface area contributed by atoms with Crippen molar-refractivity contribution in [3.8, 4) is 5.88 Å². The van der Waals surface area contributed by atoms with E-state index in [0.717, 1.165) is 16.7 Å². The number of thioether (sulfide) groups is 1. The number of ether oxygens (including phenoxy) is 1. The van der Waals surface area contributed by atoms with E-state index >= 15 is 0 Å². The number of pyridine rings is 1. The van der Waals surface area contributed by atoms with Crippen LogP contribution in [-0.4, -0.2) is 16.3 Å². The molecule has 4 heteroatoms. The molecule has 0 aliphatic heterocycles. The lowest BCUT2D eigenvalue weighted by Crippen LogP contribution is -2.24. The Balaban J connectivity index is 1.99. The lowest BCUT2D eigenvalue weighted by molar-refractivity contribution is 0.124. The quantitative estimate of drug-likeness (QED) is 0.843. The zero-order valence-corrected chi connectivity index (χ0v) is 12.9. The van der Waals surface area contributed by atoms with Gasteiger partial charge in [0.2, 0.25) is 5.88 Å². The summed E-state index contributed by atoms with van der Waals surface area (Å²) >= 11 is 1.82. The largest absolute Gasteiger partial charge is 0.470 e. The Labute approximate surface area is 120 Å². The molecule has 1 aromatic heterocycles. The van der Waals surface area contributed by atoms with Gasteiger partial charge in [0.25, 0.3) is 0 Å². The Morgan fingerprint density at radius 2 is 2.00 bits per heavy atom. The van der Waals surface area contributed by atoms with Gasteiger partial charge in [-0.1, -0.05) is 12.8 Å². The molecular formula is C15H24N2OS. The summed E-state index contributed by atoms with van der Waals surface area (Å²) < 4.78 is 5.80. The molecular weight excluding hydrogens is 256 g/mol. The van der Waals surface area contributed by atoms with Gasteiger partial charge in [0.1, 0.15) is 10.6 Å². The van der Waals surface area contributed by atoms with Crippen molar-refractivity contribution in [2.45, 2.75) is 57.1 Å². The zero-order chi connectivity index (χ0) is 13.9. The van der Waals surface area contributed by atoms with Crippen LogP contribution in [0, 0.1) is 5.92 Å². The molecule has 1 fully saturated rings. The first-order chi connectivity index (χ1) is 8.94. The van der Waals surface area contributed by atoms with Crippen LogP contribution in [-0.2, 0) is 0 Å². The molecule has 1 aliphatic rings. The van der Waals surface area contributed by atoms with Gasteiger partial charge in [-0.15, -0.1) is 11.8 Å². The Morgan fingerprint density at radius 1 is 1.32 bits per heavy atom. The fraction of sp³-hybridized carbons (Fsp3) is 0.667. The minimum atomic E-state index is -0.268. The van der Waals surface area contributed by atoms with Crippen LogP contribution in [0.3, 0.4) is 0 Å². The van der Waals surface area contributed by atoms with Crippen molar-refractivity contribution in [1.82, 2.24) is 4.98 Å². The Hall–Kier alpha value is -0.900. The SMILES string of the molecule is CC(C)(C)Oc1nc(SCC2CCCC2)ccc1N. The molecule has 0 aromatic carbocycles. The molecule has 1 aromatic rings. The van der Waals surface area contributed by atoms with Crippen molar-refractivity contribution in [2.75, 3.05) is 11.5 Å². The number of nitrogen functional groups attached to an aromatic ring is 1. The maximum atomic E-state index is 5.92. The summed E-state index contributed by atoms with van der Waals surface area (Å²) in [5, 5.41) is 1.01. The highest BCUT2D eigenvalue weighted by molar-refractivity contribution is 7.99. The molecule has 1 aliphatic carbocycles. The van der Waals surface area contributed by atoms with E-state index in [1.807, 2.05) is 44.7 Å². The molecule has 0 radical (unpaired) electrons. The molecule has 0 saturated heterocycles. The highest BCUT2D eigenvalue weighted by atomic mass is 32.2. The molecule has 19 heavy (non-hydrogen) atoms. The Kier molecular flexibility index (Phi) is 4.61. The predicted octanol–water partition coefficient (Wildman–Crippen LogP) is 4.12. The summed E-state index contributed by atoms with van der Waals surface area (Å²) in [6.07, 6.45) is 5.51. The fourth-order valence-corrected chi connectivity index (χ4v) is 3.32. The highest BCUT2D eigenvalue weighted by Crippen LogP contribution is 2.32. The van der Waals surface area contributed by atoms with Gasteiger partial charge in [-0.25, -0.2) is 4.98 Å². The van der Waals surface area contributed by atoms with E-state index in [9.17, 15) is 0 Å². The van der Waals surface area contributed by atoms with Crippen LogP contribution in [0.25, 0.3) is 0 Å². The van der Waals surface area contributed by atoms with E-state index in [2.05, 4.69) is 4.98 Å². The molecule has 3 nitrogen and oxygen atoms in total. The van der Waals surface area contributed by atoms with Crippen LogP contribution < -0.4 is 10.5 Å². The van der Waals surface area contributed by atoms with Crippen molar-refractivity contribution < 1.29 is 4.74 Å². The highest BCUT2D eigenvalue weighted by Gasteiger charge is 2.17. The molecule has 2 rings (SSSR count). The zero-order valence-electron chi connectivity index (χ0n) is 12.1. The minimum absolute atomic E-state index is 0.268. The second-order valence-electron chi connectivity index (χ2n) is 6.22. The van der Waals surface area contributed by atoms with Gasteiger partial charge in [-0.2, -0.15) is 0 Å². The summed E-state index contributed by atoms with van der Waals surface area (Å²) in [7, 11) is 0. The molecule has 106 valence electrons. The third-order valence-electron chi connectivity index (χ3n) is 3.21. The first kappa shape index (κ1) is 14.5. The van der Waals surface area contributed by atoms with Crippen LogP contribution in [0.5, 0.6) is 5.88 Å². The fourth-order valence-electron chi connectivity index (χ4n) is 2.27. The van der Waals surface area contributed by atoms with Crippen molar-refractivity contribution >= 4 is 17.4 Å². The summed E-state index contributed by atoms with van der Waals surface area (Å²) in [6, 6.07) is 3.88. The van der Waals surface area contributed by atoms with Gasteiger partial charge in [-0.3, -0.25) is 0 Å². The van der Waals surface area contributed by atoms with Crippen molar-refractivity contribution in [1.29, 1.82) is 0 Å². The van der Waals surface area contributed by atoms with Gasteiger partial charge in [-0.05, 0) is 51.7 Å². The first-order valence-corrected chi connectivity index (χ1v) is 8.01. The number of hydrogen-bond donors (Lipinski definition) is 1. The van der Waals surface area contributed by atoms with Crippen LogP contribution >= 0.6 is 11.8 Å². The third kappa shape index (κ3) is 4.60. The topological polar surface area (TPSA) is 48.1 Å². The van der Waals surface area contributed by atoms with Crippen molar-refractivity contribution in [2.24, 2.45) is 5.92 Å². The average molecular weight is 280 g/mol. The number of nitrogens with zero attached hydrogens (tertiary/aromatic N) is 1. The molecule has 0 unspecified atom stereocenters. The second-order valence-corrected chi connectivity index (χ2v) is 7.26. The van der Waals surface area contributed by atoms with Gasteiger partial charge in [0.15, 0.2) is 0 Å². The third-order valence-corrected chi connectivity index (χ3v) is 4.37. The van der Waals surface area contributed by atoms with E-state index in [-0.39, 0.29) is 5.60 Å². The standard InChI is InChI=1S/C15H24N2OS/c1-15(2,3)18-14-12(16)8-9-13(17-14)19-10-11-6-4-5-7-11/h8-9,11H,4-7,10,16H2,1-3H3. The summed E-state index contributed by atoms with van der Waals surface area (Å²) in [4.78, 5) is 4.53. The lowest BCUT2D eigenvalue weighted by atomic mass is 10.1. The monoisotopic (exact) mass is 280 g/mol. The molecule has 0 spiro atoms. The summed E-state index contributed by atoms with van der Waals surface area (Å²) in [5.74, 6) is 2.58. The number of aromatic nitrogens is 1. The number of hydrogen-bond acceptors (Lipinski definition) is 4. The summed E-state index contributed by atoms with van der Waals surface area (Å²) in [6.45, 7) is 6.02. The molecule has 0 atom stereocenters. The van der Waals surface area contributed by atoms with Crippen molar-refractivity contribution in [3.63, 3.8) is 0 Å². The van der Waals surface area contributed by atoms with Gasteiger partial charge >= 0.3 is 0 Å². The van der Waals surface area contributed by atoms with E-state index in [1.54, 1.807) is 0 Å². The maximum absolute atomic E-state index is 5.92. The molecule has 1 heterocycles. The smallest absolute Gasteiger partial charge is 0.238 e. The van der Waals surface area contributed by atoms with Crippen LogP contribution in [0.4, 0.5) is 5.69 Å². The molecule has 1 saturated carbocycles. The minimum Gasteiger partial charge on any atom is -0.470 e. The summed E-state index contributed by atoms with van der Waals surface area (Å²) in [5.41, 5.74) is 6.26. The van der Waals surface area contributed by atoms with E-state index in [4.69, 9.17) is 10.5 Å². The Bertz CT molecular complexity index is 423. The van der Waals surface area contributed by atoms with Crippen LogP contribution in [0.15, 0.2) is 17.2 Å². The Morgan fingerprint density at radius 3 is 2.63 bits per heavy atom. The number of anilines is 1. The second kappa shape index (κ2) is 6.04. The van der Waals surface area contributed by atoms with Gasteiger partial charge in [0, 0.05) is 5.75 Å².